The van der Waals surface area contributed by atoms with Crippen LogP contribution in [-0.4, -0.2) is 40.8 Å². The molecule has 0 bridgehead atoms. The van der Waals surface area contributed by atoms with Gasteiger partial charge < -0.3 is 4.84 Å². The summed E-state index contributed by atoms with van der Waals surface area (Å²) in [5.74, 6) is -1.40. The highest BCUT2D eigenvalue weighted by Gasteiger charge is 2.57. The first-order valence-electron chi connectivity index (χ1n) is 10.0. The summed E-state index contributed by atoms with van der Waals surface area (Å²) in [6.45, 7) is 2.19. The van der Waals surface area contributed by atoms with Crippen LogP contribution in [0.1, 0.15) is 45.5 Å². The monoisotopic (exact) mass is 390 g/mol. The number of carbonyl (C=O) groups excluding carboxylic acids is 3. The molecule has 0 aromatic heterocycles. The lowest BCUT2D eigenvalue weighted by Gasteiger charge is -2.27. The van der Waals surface area contributed by atoms with Gasteiger partial charge in [-0.2, -0.15) is 0 Å². The molecule has 2 atom stereocenters. The third kappa shape index (κ3) is 2.86. The first kappa shape index (κ1) is 18.1. The number of benzene rings is 2. The molecule has 6 nitrogen and oxygen atoms in total. The highest BCUT2D eigenvalue weighted by Crippen LogP contribution is 2.50. The van der Waals surface area contributed by atoms with E-state index in [0.29, 0.717) is 11.6 Å². The molecule has 2 amide bonds. The van der Waals surface area contributed by atoms with Crippen molar-refractivity contribution in [2.75, 3.05) is 13.1 Å². The van der Waals surface area contributed by atoms with Crippen molar-refractivity contribution in [2.45, 2.75) is 25.8 Å². The molecule has 0 radical (unpaired) electrons. The molecule has 2 aromatic rings. The second kappa shape index (κ2) is 6.81. The molecule has 1 aliphatic carbocycles. The number of hydroxylamine groups is 2. The molecule has 1 saturated heterocycles. The largest absolute Gasteiger partial charge is 0.340 e. The molecule has 0 N–H and O–H groups in total. The van der Waals surface area contributed by atoms with Gasteiger partial charge in [0, 0.05) is 19.6 Å². The number of likely N-dealkylation sites (tertiary alicyclic amines) is 1. The average Bonchev–Trinajstić information content (AvgIpc) is 3.36. The fourth-order valence-corrected chi connectivity index (χ4v) is 5.11. The topological polar surface area (TPSA) is 66.9 Å². The van der Waals surface area contributed by atoms with Crippen LogP contribution < -0.4 is 0 Å². The van der Waals surface area contributed by atoms with E-state index in [9.17, 15) is 14.4 Å². The van der Waals surface area contributed by atoms with Gasteiger partial charge in [-0.25, -0.2) is 4.79 Å². The summed E-state index contributed by atoms with van der Waals surface area (Å²) in [4.78, 5) is 46.1. The van der Waals surface area contributed by atoms with Crippen LogP contribution in [0, 0.1) is 11.3 Å². The minimum Gasteiger partial charge on any atom is -0.329 e. The van der Waals surface area contributed by atoms with Crippen LogP contribution in [0.2, 0.25) is 0 Å². The number of carbonyl (C=O) groups is 3. The first-order valence-corrected chi connectivity index (χ1v) is 10.0. The van der Waals surface area contributed by atoms with Gasteiger partial charge in [-0.15, -0.1) is 0 Å². The molecule has 3 aliphatic rings. The Bertz CT molecular complexity index is 954. The molecule has 148 valence electrons. The summed E-state index contributed by atoms with van der Waals surface area (Å²) >= 11 is 0. The molecule has 0 unspecified atom stereocenters. The minimum atomic E-state index is -0.649. The van der Waals surface area contributed by atoms with E-state index >= 15 is 0 Å². The van der Waals surface area contributed by atoms with Crippen LogP contribution >= 0.6 is 0 Å². The highest BCUT2D eigenvalue weighted by atomic mass is 16.7. The van der Waals surface area contributed by atoms with Crippen molar-refractivity contribution >= 4 is 17.8 Å². The lowest BCUT2D eigenvalue weighted by atomic mass is 9.81. The molecule has 0 spiro atoms. The Hall–Kier alpha value is -2.99. The summed E-state index contributed by atoms with van der Waals surface area (Å²) in [6.07, 6.45) is 2.65. The fourth-order valence-electron chi connectivity index (χ4n) is 5.11. The zero-order valence-electron chi connectivity index (χ0n) is 16.0. The van der Waals surface area contributed by atoms with Crippen molar-refractivity contribution in [1.82, 2.24) is 9.96 Å². The van der Waals surface area contributed by atoms with E-state index in [0.717, 1.165) is 32.4 Å². The van der Waals surface area contributed by atoms with E-state index < -0.39 is 23.2 Å². The van der Waals surface area contributed by atoms with Gasteiger partial charge in [0.1, 0.15) is 0 Å². The maximum absolute atomic E-state index is 13.2. The standard InChI is InChI=1S/C23H22N2O4/c26-20-18-10-4-5-11-19(18)21(27)25(20)29-22(28)23-12-6-9-17(23)14-24(15-23)13-16-7-2-1-3-8-16/h1-5,7-8,10-11,17H,6,9,12-15H2/t17-,23-/m0/s1. The van der Waals surface area contributed by atoms with Crippen molar-refractivity contribution in [1.29, 1.82) is 0 Å². The van der Waals surface area contributed by atoms with E-state index in [1.165, 1.54) is 5.56 Å². The summed E-state index contributed by atoms with van der Waals surface area (Å²) in [5.41, 5.74) is 1.12. The quantitative estimate of drug-likeness (QED) is 0.751. The Morgan fingerprint density at radius 3 is 2.34 bits per heavy atom. The van der Waals surface area contributed by atoms with Gasteiger partial charge in [-0.1, -0.05) is 53.9 Å². The molecule has 2 aliphatic heterocycles. The Balaban J connectivity index is 1.34. The van der Waals surface area contributed by atoms with Crippen molar-refractivity contribution in [3.05, 3.63) is 71.3 Å². The third-order valence-electron chi connectivity index (χ3n) is 6.53. The van der Waals surface area contributed by atoms with Crippen molar-refractivity contribution < 1.29 is 19.2 Å². The van der Waals surface area contributed by atoms with E-state index in [1.807, 2.05) is 18.2 Å². The first-order chi connectivity index (χ1) is 14.1. The minimum absolute atomic E-state index is 0.189. The van der Waals surface area contributed by atoms with Crippen LogP contribution in [0.25, 0.3) is 0 Å². The molecule has 5 rings (SSSR count). The zero-order valence-corrected chi connectivity index (χ0v) is 16.0. The lowest BCUT2D eigenvalue weighted by Crippen LogP contribution is -2.43. The van der Waals surface area contributed by atoms with Gasteiger partial charge in [0.25, 0.3) is 11.8 Å². The molecule has 29 heavy (non-hydrogen) atoms. The molecule has 6 heteroatoms. The predicted molar refractivity (Wildman–Crippen MR) is 105 cm³/mol. The van der Waals surface area contributed by atoms with Gasteiger partial charge in [-0.3, -0.25) is 14.5 Å². The van der Waals surface area contributed by atoms with E-state index in [4.69, 9.17) is 4.84 Å². The van der Waals surface area contributed by atoms with Gasteiger partial charge in [-0.05, 0) is 36.5 Å². The molecule has 2 heterocycles. The number of hydrogen-bond donors (Lipinski definition) is 0. The summed E-state index contributed by atoms with van der Waals surface area (Å²) in [7, 11) is 0. The molecular weight excluding hydrogens is 368 g/mol. The SMILES string of the molecule is O=C1c2ccccc2C(=O)N1OC(=O)[C@]12CCC[C@H]1CN(Cc1ccccc1)C2. The van der Waals surface area contributed by atoms with Gasteiger partial charge in [0.2, 0.25) is 0 Å². The molecule has 1 saturated carbocycles. The Morgan fingerprint density at radius 1 is 1.00 bits per heavy atom. The highest BCUT2D eigenvalue weighted by molar-refractivity contribution is 6.20. The summed E-state index contributed by atoms with van der Waals surface area (Å²) in [6, 6.07) is 16.7. The van der Waals surface area contributed by atoms with Crippen LogP contribution in [-0.2, 0) is 16.2 Å². The van der Waals surface area contributed by atoms with Crippen LogP contribution in [0.3, 0.4) is 0 Å². The second-order valence-corrected chi connectivity index (χ2v) is 8.23. The van der Waals surface area contributed by atoms with E-state index in [1.54, 1.807) is 24.3 Å². The van der Waals surface area contributed by atoms with E-state index in [2.05, 4.69) is 17.0 Å². The van der Waals surface area contributed by atoms with Crippen LogP contribution in [0.4, 0.5) is 0 Å². The second-order valence-electron chi connectivity index (χ2n) is 8.23. The summed E-state index contributed by atoms with van der Waals surface area (Å²) in [5, 5.41) is 0.650. The number of fused-ring (bicyclic) bond motifs is 2. The Kier molecular flexibility index (Phi) is 4.24. The van der Waals surface area contributed by atoms with Crippen molar-refractivity contribution in [2.24, 2.45) is 11.3 Å². The number of rotatable bonds is 4. The Morgan fingerprint density at radius 2 is 1.66 bits per heavy atom. The smallest absolute Gasteiger partial charge is 0.329 e. The van der Waals surface area contributed by atoms with Crippen molar-refractivity contribution in [3.8, 4) is 0 Å². The van der Waals surface area contributed by atoms with Crippen molar-refractivity contribution in [3.63, 3.8) is 0 Å². The molecule has 2 fully saturated rings. The van der Waals surface area contributed by atoms with Crippen LogP contribution in [0.15, 0.2) is 54.6 Å². The average molecular weight is 390 g/mol. The fraction of sp³-hybridized carbons (Fsp3) is 0.348. The maximum Gasteiger partial charge on any atom is 0.340 e. The maximum atomic E-state index is 13.2. The Labute approximate surface area is 169 Å². The zero-order chi connectivity index (χ0) is 20.0. The third-order valence-corrected chi connectivity index (χ3v) is 6.53. The normalized spacial score (nSPS) is 25.9. The van der Waals surface area contributed by atoms with Crippen LogP contribution in [0.5, 0.6) is 0 Å². The number of imide groups is 1. The lowest BCUT2D eigenvalue weighted by molar-refractivity contribution is -0.182. The number of hydrogen-bond acceptors (Lipinski definition) is 5. The van der Waals surface area contributed by atoms with Gasteiger partial charge in [0.05, 0.1) is 16.5 Å². The number of nitrogens with zero attached hydrogens (tertiary/aromatic N) is 2. The van der Waals surface area contributed by atoms with Gasteiger partial charge >= 0.3 is 5.97 Å². The molecule has 2 aromatic carbocycles. The predicted octanol–water partition coefficient (Wildman–Crippen LogP) is 3.04. The number of amides is 2. The molecular formula is C23H22N2O4. The summed E-state index contributed by atoms with van der Waals surface area (Å²) < 4.78 is 0. The van der Waals surface area contributed by atoms with Gasteiger partial charge in [0.15, 0.2) is 0 Å². The van der Waals surface area contributed by atoms with E-state index in [-0.39, 0.29) is 17.0 Å².